The number of aromatic carboxylic acids is 1. The van der Waals surface area contributed by atoms with Crippen LogP contribution in [0.1, 0.15) is 27.6 Å². The monoisotopic (exact) mass is 286 g/mol. The molecule has 0 bridgehead atoms. The van der Waals surface area contributed by atoms with E-state index in [9.17, 15) is 14.7 Å². The van der Waals surface area contributed by atoms with Crippen molar-refractivity contribution in [2.75, 3.05) is 6.61 Å². The third kappa shape index (κ3) is 3.39. The van der Waals surface area contributed by atoms with Gasteiger partial charge in [-0.1, -0.05) is 12.1 Å². The predicted molar refractivity (Wildman–Crippen MR) is 76.5 cm³/mol. The number of rotatable bonds is 4. The Balaban J connectivity index is 2.34. The lowest BCUT2D eigenvalue weighted by molar-refractivity contribution is 0.0526. The average molecular weight is 286 g/mol. The molecular weight excluding hydrogens is 272 g/mol. The van der Waals surface area contributed by atoms with E-state index in [2.05, 4.69) is 0 Å². The number of esters is 1. The van der Waals surface area contributed by atoms with Gasteiger partial charge < -0.3 is 14.9 Å². The van der Waals surface area contributed by atoms with Crippen molar-refractivity contribution in [2.24, 2.45) is 0 Å². The minimum absolute atomic E-state index is 0.000491. The zero-order valence-electron chi connectivity index (χ0n) is 11.4. The summed E-state index contributed by atoms with van der Waals surface area (Å²) >= 11 is 0. The number of phenols is 1. The van der Waals surface area contributed by atoms with E-state index < -0.39 is 11.9 Å². The number of carboxylic acids is 1. The standard InChI is InChI=1S/C16H14O5/c1-2-21-16(20)11-5-3-10(4-6-11)12-7-13(15(18)19)9-14(17)8-12/h3-9,17H,2H2,1H3,(H,18,19). The number of carboxylic acid groups (broad SMARTS) is 1. The normalized spacial score (nSPS) is 10.1. The van der Waals surface area contributed by atoms with Crippen LogP contribution in [-0.4, -0.2) is 28.8 Å². The smallest absolute Gasteiger partial charge is 0.338 e. The van der Waals surface area contributed by atoms with E-state index >= 15 is 0 Å². The van der Waals surface area contributed by atoms with Crippen LogP contribution in [0.25, 0.3) is 11.1 Å². The third-order valence-corrected chi connectivity index (χ3v) is 2.89. The number of benzene rings is 2. The predicted octanol–water partition coefficient (Wildman–Crippen LogP) is 2.93. The molecule has 0 aromatic heterocycles. The number of hydrogen-bond donors (Lipinski definition) is 2. The first kappa shape index (κ1) is 14.6. The van der Waals surface area contributed by atoms with Gasteiger partial charge in [-0.05, 0) is 48.4 Å². The van der Waals surface area contributed by atoms with Crippen LogP contribution < -0.4 is 0 Å². The van der Waals surface area contributed by atoms with E-state index in [4.69, 9.17) is 9.84 Å². The minimum Gasteiger partial charge on any atom is -0.508 e. The Bertz CT molecular complexity index is 674. The van der Waals surface area contributed by atoms with Crippen molar-refractivity contribution in [1.82, 2.24) is 0 Å². The summed E-state index contributed by atoms with van der Waals surface area (Å²) in [6.45, 7) is 2.03. The quantitative estimate of drug-likeness (QED) is 0.844. The Hall–Kier alpha value is -2.82. The van der Waals surface area contributed by atoms with Gasteiger partial charge in [0.1, 0.15) is 5.75 Å². The number of carbonyl (C=O) groups excluding carboxylic acids is 1. The molecule has 2 N–H and O–H groups in total. The number of carbonyl (C=O) groups is 2. The van der Waals surface area contributed by atoms with Gasteiger partial charge in [-0.25, -0.2) is 9.59 Å². The molecule has 0 aliphatic carbocycles. The van der Waals surface area contributed by atoms with Crippen molar-refractivity contribution in [3.05, 3.63) is 53.6 Å². The van der Waals surface area contributed by atoms with Crippen molar-refractivity contribution in [1.29, 1.82) is 0 Å². The molecule has 0 aliphatic heterocycles. The third-order valence-electron chi connectivity index (χ3n) is 2.89. The van der Waals surface area contributed by atoms with Crippen molar-refractivity contribution < 1.29 is 24.5 Å². The highest BCUT2D eigenvalue weighted by Crippen LogP contribution is 2.26. The summed E-state index contributed by atoms with van der Waals surface area (Å²) in [6, 6.07) is 10.6. The molecule has 0 spiro atoms. The lowest BCUT2D eigenvalue weighted by Gasteiger charge is -2.06. The SMILES string of the molecule is CCOC(=O)c1ccc(-c2cc(O)cc(C(=O)O)c2)cc1. The first-order valence-corrected chi connectivity index (χ1v) is 6.36. The fourth-order valence-corrected chi connectivity index (χ4v) is 1.91. The molecule has 0 amide bonds. The van der Waals surface area contributed by atoms with Crippen molar-refractivity contribution in [3.63, 3.8) is 0 Å². The van der Waals surface area contributed by atoms with Gasteiger partial charge in [0.25, 0.3) is 0 Å². The van der Waals surface area contributed by atoms with Crippen LogP contribution in [0.2, 0.25) is 0 Å². The summed E-state index contributed by atoms with van der Waals surface area (Å²) in [7, 11) is 0. The lowest BCUT2D eigenvalue weighted by Crippen LogP contribution is -2.04. The summed E-state index contributed by atoms with van der Waals surface area (Å²) in [5.41, 5.74) is 1.67. The Kier molecular flexibility index (Phi) is 4.23. The van der Waals surface area contributed by atoms with Gasteiger partial charge in [0.05, 0.1) is 17.7 Å². The van der Waals surface area contributed by atoms with E-state index in [-0.39, 0.29) is 11.3 Å². The molecule has 0 heterocycles. The second-order valence-corrected chi connectivity index (χ2v) is 4.37. The molecule has 0 saturated carbocycles. The summed E-state index contributed by atoms with van der Waals surface area (Å²) < 4.78 is 4.89. The molecule has 108 valence electrons. The maximum absolute atomic E-state index is 11.6. The zero-order chi connectivity index (χ0) is 15.4. The molecule has 2 rings (SSSR count). The molecular formula is C16H14O5. The molecule has 2 aromatic rings. The zero-order valence-corrected chi connectivity index (χ0v) is 11.4. The largest absolute Gasteiger partial charge is 0.508 e. The molecule has 0 atom stereocenters. The van der Waals surface area contributed by atoms with E-state index in [1.54, 1.807) is 31.2 Å². The molecule has 0 fully saturated rings. The van der Waals surface area contributed by atoms with Crippen LogP contribution in [0.3, 0.4) is 0 Å². The molecule has 0 radical (unpaired) electrons. The van der Waals surface area contributed by atoms with Crippen molar-refractivity contribution in [3.8, 4) is 16.9 Å². The summed E-state index contributed by atoms with van der Waals surface area (Å²) in [4.78, 5) is 22.5. The van der Waals surface area contributed by atoms with E-state index in [1.165, 1.54) is 18.2 Å². The van der Waals surface area contributed by atoms with E-state index in [0.717, 1.165) is 0 Å². The maximum atomic E-state index is 11.6. The number of ether oxygens (including phenoxy) is 1. The van der Waals surface area contributed by atoms with Gasteiger partial charge in [-0.2, -0.15) is 0 Å². The molecule has 0 unspecified atom stereocenters. The van der Waals surface area contributed by atoms with Gasteiger partial charge >= 0.3 is 11.9 Å². The lowest BCUT2D eigenvalue weighted by atomic mass is 10.0. The van der Waals surface area contributed by atoms with Gasteiger partial charge in [-0.15, -0.1) is 0 Å². The van der Waals surface area contributed by atoms with Crippen LogP contribution in [0.5, 0.6) is 5.75 Å². The summed E-state index contributed by atoms with van der Waals surface area (Å²) in [5.74, 6) is -1.65. The van der Waals surface area contributed by atoms with E-state index in [1.807, 2.05) is 0 Å². The highest BCUT2D eigenvalue weighted by molar-refractivity contribution is 5.91. The van der Waals surface area contributed by atoms with Crippen LogP contribution in [0, 0.1) is 0 Å². The average Bonchev–Trinajstić information content (AvgIpc) is 2.47. The second-order valence-electron chi connectivity index (χ2n) is 4.37. The Labute approximate surface area is 121 Å². The van der Waals surface area contributed by atoms with Gasteiger partial charge in [0.2, 0.25) is 0 Å². The number of phenolic OH excluding ortho intramolecular Hbond substituents is 1. The molecule has 2 aromatic carbocycles. The van der Waals surface area contributed by atoms with Crippen LogP contribution in [0.4, 0.5) is 0 Å². The first-order chi connectivity index (χ1) is 10.0. The Morgan fingerprint density at radius 1 is 1.00 bits per heavy atom. The van der Waals surface area contributed by atoms with Gasteiger partial charge in [0, 0.05) is 0 Å². The van der Waals surface area contributed by atoms with E-state index in [0.29, 0.717) is 23.3 Å². The van der Waals surface area contributed by atoms with Crippen LogP contribution >= 0.6 is 0 Å². The van der Waals surface area contributed by atoms with Gasteiger partial charge in [0.15, 0.2) is 0 Å². The van der Waals surface area contributed by atoms with Crippen molar-refractivity contribution in [2.45, 2.75) is 6.92 Å². The topological polar surface area (TPSA) is 83.8 Å². The Morgan fingerprint density at radius 2 is 1.67 bits per heavy atom. The number of aromatic hydroxyl groups is 1. The fourth-order valence-electron chi connectivity index (χ4n) is 1.91. The minimum atomic E-state index is -1.12. The molecule has 0 saturated heterocycles. The van der Waals surface area contributed by atoms with Crippen LogP contribution in [0.15, 0.2) is 42.5 Å². The molecule has 5 heteroatoms. The molecule has 0 aliphatic rings. The maximum Gasteiger partial charge on any atom is 0.338 e. The van der Waals surface area contributed by atoms with Gasteiger partial charge in [-0.3, -0.25) is 0 Å². The highest BCUT2D eigenvalue weighted by atomic mass is 16.5. The summed E-state index contributed by atoms with van der Waals surface area (Å²) in [5, 5.41) is 18.6. The van der Waals surface area contributed by atoms with Crippen molar-refractivity contribution >= 4 is 11.9 Å². The number of hydrogen-bond acceptors (Lipinski definition) is 4. The second kappa shape index (κ2) is 6.09. The molecule has 21 heavy (non-hydrogen) atoms. The first-order valence-electron chi connectivity index (χ1n) is 6.36. The summed E-state index contributed by atoms with van der Waals surface area (Å²) in [6.07, 6.45) is 0. The fraction of sp³-hybridized carbons (Fsp3) is 0.125. The highest BCUT2D eigenvalue weighted by Gasteiger charge is 2.10. The van der Waals surface area contributed by atoms with Crippen LogP contribution in [-0.2, 0) is 4.74 Å². The Morgan fingerprint density at radius 3 is 2.24 bits per heavy atom. The molecule has 5 nitrogen and oxygen atoms in total.